The van der Waals surface area contributed by atoms with Crippen molar-refractivity contribution in [3.8, 4) is 34.5 Å². The van der Waals surface area contributed by atoms with E-state index in [1.807, 2.05) is 24.3 Å². The zero-order chi connectivity index (χ0) is 28.5. The van der Waals surface area contributed by atoms with Crippen molar-refractivity contribution < 1.29 is 0 Å². The second kappa shape index (κ2) is 9.38. The minimum Gasteiger partial charge on any atom is -0.278 e. The van der Waals surface area contributed by atoms with Gasteiger partial charge in [-0.1, -0.05) is 72.8 Å². The van der Waals surface area contributed by atoms with Crippen molar-refractivity contribution in [2.75, 3.05) is 0 Å². The summed E-state index contributed by atoms with van der Waals surface area (Å²) >= 11 is 0. The van der Waals surface area contributed by atoms with E-state index in [0.717, 1.165) is 51.3 Å². The van der Waals surface area contributed by atoms with E-state index in [1.165, 1.54) is 54.9 Å². The normalized spacial score (nSPS) is 24.0. The van der Waals surface area contributed by atoms with Crippen LogP contribution in [0.3, 0.4) is 0 Å². The molecule has 0 amide bonds. The SMILES string of the molecule is N#Cc1ccc(-c2cc(-c3ccc(C45CC6CC(CC(C6)C4)C5)cc3)nc(-n3c4ccccc4c4ccccc43)n2)cc1. The lowest BCUT2D eigenvalue weighted by Crippen LogP contribution is -2.48. The molecular formula is C39H32N4. The molecule has 0 aliphatic heterocycles. The van der Waals surface area contributed by atoms with Crippen molar-refractivity contribution in [1.82, 2.24) is 14.5 Å². The summed E-state index contributed by atoms with van der Waals surface area (Å²) in [4.78, 5) is 10.4. The molecule has 10 rings (SSSR count). The summed E-state index contributed by atoms with van der Waals surface area (Å²) in [7, 11) is 0. The highest BCUT2D eigenvalue weighted by molar-refractivity contribution is 6.09. The molecule has 2 heterocycles. The Hall–Kier alpha value is -4.75. The lowest BCUT2D eigenvalue weighted by Gasteiger charge is -2.57. The van der Waals surface area contributed by atoms with Gasteiger partial charge in [-0.2, -0.15) is 5.26 Å². The predicted octanol–water partition coefficient (Wildman–Crippen LogP) is 9.25. The highest BCUT2D eigenvalue weighted by Crippen LogP contribution is 2.60. The fraction of sp³-hybridized carbons (Fsp3) is 0.256. The molecule has 0 radical (unpaired) electrons. The minimum absolute atomic E-state index is 0.376. The number of rotatable bonds is 4. The summed E-state index contributed by atoms with van der Waals surface area (Å²) in [6, 6.07) is 38.3. The van der Waals surface area contributed by atoms with Gasteiger partial charge in [-0.15, -0.1) is 0 Å². The fourth-order valence-corrected chi connectivity index (χ4v) is 9.14. The number of hydrogen-bond acceptors (Lipinski definition) is 3. The molecule has 0 spiro atoms. The van der Waals surface area contributed by atoms with Crippen molar-refractivity contribution in [3.63, 3.8) is 0 Å². The van der Waals surface area contributed by atoms with Crippen molar-refractivity contribution >= 4 is 21.8 Å². The molecule has 4 aromatic carbocycles. The zero-order valence-electron chi connectivity index (χ0n) is 24.1. The molecule has 4 fully saturated rings. The molecule has 4 heteroatoms. The second-order valence-corrected chi connectivity index (χ2v) is 13.3. The average molecular weight is 557 g/mol. The number of benzene rings is 4. The van der Waals surface area contributed by atoms with Crippen LogP contribution in [0.1, 0.15) is 49.7 Å². The van der Waals surface area contributed by atoms with Gasteiger partial charge in [-0.3, -0.25) is 4.57 Å². The van der Waals surface area contributed by atoms with Crippen LogP contribution in [-0.2, 0) is 5.41 Å². The summed E-state index contributed by atoms with van der Waals surface area (Å²) in [5.41, 5.74) is 8.54. The maximum Gasteiger partial charge on any atom is 0.235 e. The van der Waals surface area contributed by atoms with Crippen LogP contribution in [0.4, 0.5) is 0 Å². The first-order valence-corrected chi connectivity index (χ1v) is 15.6. The van der Waals surface area contributed by atoms with Crippen LogP contribution in [0.2, 0.25) is 0 Å². The highest BCUT2D eigenvalue weighted by atomic mass is 15.2. The van der Waals surface area contributed by atoms with Crippen LogP contribution in [0, 0.1) is 29.1 Å². The minimum atomic E-state index is 0.376. The molecular weight excluding hydrogens is 524 g/mol. The van der Waals surface area contributed by atoms with Crippen LogP contribution in [0.15, 0.2) is 103 Å². The van der Waals surface area contributed by atoms with Gasteiger partial charge in [-0.25, -0.2) is 9.97 Å². The molecule has 4 aliphatic carbocycles. The molecule has 2 aromatic heterocycles. The first kappa shape index (κ1) is 24.8. The van der Waals surface area contributed by atoms with E-state index in [4.69, 9.17) is 9.97 Å². The molecule has 0 atom stereocenters. The monoisotopic (exact) mass is 556 g/mol. The van der Waals surface area contributed by atoms with Crippen molar-refractivity contribution in [2.45, 2.75) is 43.9 Å². The van der Waals surface area contributed by atoms with Crippen LogP contribution in [0.25, 0.3) is 50.3 Å². The van der Waals surface area contributed by atoms with E-state index in [1.54, 1.807) is 0 Å². The summed E-state index contributed by atoms with van der Waals surface area (Å²) in [6.07, 6.45) is 8.48. The summed E-state index contributed by atoms with van der Waals surface area (Å²) in [5, 5.41) is 11.7. The first-order chi connectivity index (χ1) is 21.2. The highest BCUT2D eigenvalue weighted by Gasteiger charge is 2.51. The number of nitrogens with zero attached hydrogens (tertiary/aromatic N) is 4. The van der Waals surface area contributed by atoms with Gasteiger partial charge in [0.1, 0.15) is 0 Å². The molecule has 0 unspecified atom stereocenters. The standard InChI is InChI=1S/C39H32N4/c40-24-25-9-11-29(12-10-25)34-20-35(30-13-15-31(16-14-30)39-21-26-17-27(22-39)19-28(18-26)23-39)42-38(41-34)43-36-7-3-1-5-32(36)33-6-2-4-8-37(33)43/h1-16,20,26-28H,17-19,21-23H2. The molecule has 4 bridgehead atoms. The quantitative estimate of drug-likeness (QED) is 0.217. The average Bonchev–Trinajstić information content (AvgIpc) is 3.39. The molecule has 0 N–H and O–H groups in total. The summed E-state index contributed by atoms with van der Waals surface area (Å²) in [6.45, 7) is 0. The predicted molar refractivity (Wildman–Crippen MR) is 172 cm³/mol. The van der Waals surface area contributed by atoms with Gasteiger partial charge in [0, 0.05) is 21.9 Å². The van der Waals surface area contributed by atoms with Gasteiger partial charge in [0.15, 0.2) is 0 Å². The van der Waals surface area contributed by atoms with E-state index in [-0.39, 0.29) is 0 Å². The van der Waals surface area contributed by atoms with Gasteiger partial charge in [0.2, 0.25) is 5.95 Å². The summed E-state index contributed by atoms with van der Waals surface area (Å²) < 4.78 is 2.19. The Labute approximate surface area is 251 Å². The fourth-order valence-electron chi connectivity index (χ4n) is 9.14. The number of nitriles is 1. The van der Waals surface area contributed by atoms with E-state index in [0.29, 0.717) is 16.9 Å². The van der Waals surface area contributed by atoms with Crippen LogP contribution < -0.4 is 0 Å². The van der Waals surface area contributed by atoms with Gasteiger partial charge >= 0.3 is 0 Å². The van der Waals surface area contributed by atoms with Gasteiger partial charge in [-0.05, 0) is 97.6 Å². The van der Waals surface area contributed by atoms with Gasteiger partial charge < -0.3 is 0 Å². The third kappa shape index (κ3) is 3.95. The summed E-state index contributed by atoms with van der Waals surface area (Å²) in [5.74, 6) is 3.43. The van der Waals surface area contributed by atoms with Crippen molar-refractivity contribution in [3.05, 3.63) is 114 Å². The molecule has 4 saturated carbocycles. The first-order valence-electron chi connectivity index (χ1n) is 15.6. The third-order valence-corrected chi connectivity index (χ3v) is 10.6. The van der Waals surface area contributed by atoms with Gasteiger partial charge in [0.25, 0.3) is 0 Å². The second-order valence-electron chi connectivity index (χ2n) is 13.3. The molecule has 4 nitrogen and oxygen atoms in total. The van der Waals surface area contributed by atoms with Crippen LogP contribution in [0.5, 0.6) is 0 Å². The number of aromatic nitrogens is 3. The van der Waals surface area contributed by atoms with Crippen LogP contribution >= 0.6 is 0 Å². The Kier molecular flexibility index (Phi) is 5.41. The maximum absolute atomic E-state index is 9.37. The zero-order valence-corrected chi connectivity index (χ0v) is 24.1. The van der Waals surface area contributed by atoms with Crippen LogP contribution in [-0.4, -0.2) is 14.5 Å². The van der Waals surface area contributed by atoms with Crippen molar-refractivity contribution in [1.29, 1.82) is 5.26 Å². The Morgan fingerprint density at radius 2 is 1.12 bits per heavy atom. The molecule has 6 aromatic rings. The third-order valence-electron chi connectivity index (χ3n) is 10.6. The topological polar surface area (TPSA) is 54.5 Å². The Morgan fingerprint density at radius 3 is 1.63 bits per heavy atom. The lowest BCUT2D eigenvalue weighted by atomic mass is 9.48. The Bertz CT molecular complexity index is 1970. The van der Waals surface area contributed by atoms with E-state index < -0.39 is 0 Å². The number of fused-ring (bicyclic) bond motifs is 3. The largest absolute Gasteiger partial charge is 0.278 e. The van der Waals surface area contributed by atoms with E-state index in [2.05, 4.69) is 89.5 Å². The lowest BCUT2D eigenvalue weighted by molar-refractivity contribution is -0.00518. The molecule has 43 heavy (non-hydrogen) atoms. The van der Waals surface area contributed by atoms with E-state index >= 15 is 0 Å². The van der Waals surface area contributed by atoms with E-state index in [9.17, 15) is 5.26 Å². The molecule has 4 aliphatic rings. The van der Waals surface area contributed by atoms with Crippen molar-refractivity contribution in [2.24, 2.45) is 17.8 Å². The van der Waals surface area contributed by atoms with Gasteiger partial charge in [0.05, 0.1) is 34.1 Å². The number of para-hydroxylation sites is 2. The Balaban J connectivity index is 1.20. The number of hydrogen-bond donors (Lipinski definition) is 0. The Morgan fingerprint density at radius 1 is 0.628 bits per heavy atom. The maximum atomic E-state index is 9.37. The molecule has 208 valence electrons. The molecule has 0 saturated heterocycles. The smallest absolute Gasteiger partial charge is 0.235 e.